The van der Waals surface area contributed by atoms with Crippen LogP contribution >= 0.6 is 7.60 Å². The minimum absolute atomic E-state index is 1.15. The van der Waals surface area contributed by atoms with Gasteiger partial charge >= 0.3 is 0 Å². The molecule has 0 aliphatic heterocycles. The molecule has 100 valence electrons. The van der Waals surface area contributed by atoms with Crippen molar-refractivity contribution in [1.82, 2.24) is 0 Å². The van der Waals surface area contributed by atoms with Crippen molar-refractivity contribution in [1.29, 1.82) is 0 Å². The number of sulfone groups is 1. The minimum atomic E-state index is -5.37. The van der Waals surface area contributed by atoms with Crippen LogP contribution in [-0.4, -0.2) is 31.6 Å². The number of hydrogen-bond acceptors (Lipinski definition) is 9. The quantitative estimate of drug-likeness (QED) is 0.413. The highest BCUT2D eigenvalue weighted by Crippen LogP contribution is 2.26. The van der Waals surface area contributed by atoms with Crippen molar-refractivity contribution < 1.29 is 42.6 Å². The standard InChI is InChI=1S/C6H11O9PS/c7-5(8)1-4(6(9)10)2-17(14,15)3-16(11,12)13/h4H,1-3H2,(H,7,8)(H,9,10)(H2,11,12,13)/p-4. The van der Waals surface area contributed by atoms with E-state index < -0.39 is 53.0 Å². The summed E-state index contributed by atoms with van der Waals surface area (Å²) in [5.74, 6) is -7.08. The Kier molecular flexibility index (Phi) is 5.27. The second-order valence-corrected chi connectivity index (χ2v) is 7.32. The number of carbonyl (C=O) groups excluding carboxylic acids is 2. The summed E-state index contributed by atoms with van der Waals surface area (Å²) >= 11 is 0. The summed E-state index contributed by atoms with van der Waals surface area (Å²) in [6.07, 6.45) is -1.15. The van der Waals surface area contributed by atoms with Gasteiger partial charge in [-0.3, -0.25) is 0 Å². The van der Waals surface area contributed by atoms with Gasteiger partial charge in [-0.25, -0.2) is 8.42 Å². The molecular weight excluding hydrogens is 279 g/mol. The number of aliphatic carboxylic acids is 2. The summed E-state index contributed by atoms with van der Waals surface area (Å²) in [5, 5.41) is 20.5. The average molecular weight is 286 g/mol. The van der Waals surface area contributed by atoms with Crippen LogP contribution in [0.5, 0.6) is 0 Å². The van der Waals surface area contributed by atoms with Gasteiger partial charge in [-0.05, 0) is 6.42 Å². The number of carboxylic acid groups (broad SMARTS) is 2. The number of hydrogen-bond donors (Lipinski definition) is 0. The summed E-state index contributed by atoms with van der Waals surface area (Å²) < 4.78 is 32.4. The smallest absolute Gasteiger partial charge is 0.155 e. The molecule has 0 aromatic rings. The van der Waals surface area contributed by atoms with E-state index in [1.165, 1.54) is 0 Å². The first-order valence-corrected chi connectivity index (χ1v) is 7.60. The van der Waals surface area contributed by atoms with Crippen molar-refractivity contribution in [2.24, 2.45) is 5.92 Å². The molecule has 0 aromatic heterocycles. The van der Waals surface area contributed by atoms with Gasteiger partial charge < -0.3 is 34.2 Å². The summed E-state index contributed by atoms with van der Waals surface area (Å²) in [6, 6.07) is 0. The van der Waals surface area contributed by atoms with Gasteiger partial charge in [0.2, 0.25) is 0 Å². The highest BCUT2D eigenvalue weighted by atomic mass is 32.2. The van der Waals surface area contributed by atoms with Crippen LogP contribution in [0.4, 0.5) is 0 Å². The topological polar surface area (TPSA) is 178 Å². The third-order valence-corrected chi connectivity index (χ3v) is 5.31. The maximum atomic E-state index is 11.1. The zero-order chi connectivity index (χ0) is 13.9. The highest BCUT2D eigenvalue weighted by Gasteiger charge is 2.21. The Hall–Kier alpha value is -0.960. The third-order valence-electron chi connectivity index (χ3n) is 1.56. The van der Waals surface area contributed by atoms with Gasteiger partial charge in [0.15, 0.2) is 9.84 Å². The van der Waals surface area contributed by atoms with E-state index in [2.05, 4.69) is 0 Å². The van der Waals surface area contributed by atoms with Crippen molar-refractivity contribution in [3.8, 4) is 0 Å². The van der Waals surface area contributed by atoms with Crippen molar-refractivity contribution in [3.05, 3.63) is 0 Å². The fourth-order valence-corrected chi connectivity index (χ4v) is 4.23. The fourth-order valence-electron chi connectivity index (χ4n) is 1.01. The van der Waals surface area contributed by atoms with E-state index in [-0.39, 0.29) is 0 Å². The molecule has 1 atom stereocenters. The van der Waals surface area contributed by atoms with E-state index in [0.29, 0.717) is 0 Å². The third kappa shape index (κ3) is 7.86. The van der Waals surface area contributed by atoms with E-state index in [1.807, 2.05) is 0 Å². The second-order valence-electron chi connectivity index (χ2n) is 3.24. The molecular formula is C6H7O9PS-4. The summed E-state index contributed by atoms with van der Waals surface area (Å²) in [5.41, 5.74) is -1.77. The molecule has 0 fully saturated rings. The average Bonchev–Trinajstić information content (AvgIpc) is 1.95. The first-order valence-electron chi connectivity index (χ1n) is 4.05. The first kappa shape index (κ1) is 16.0. The van der Waals surface area contributed by atoms with Gasteiger partial charge in [0.1, 0.15) is 0 Å². The molecule has 0 saturated heterocycles. The molecule has 9 nitrogen and oxygen atoms in total. The van der Waals surface area contributed by atoms with Crippen molar-refractivity contribution >= 4 is 29.4 Å². The summed E-state index contributed by atoms with van der Waals surface area (Å²) in [4.78, 5) is 40.9. The van der Waals surface area contributed by atoms with Gasteiger partial charge in [0, 0.05) is 17.9 Å². The summed E-state index contributed by atoms with van der Waals surface area (Å²) in [7, 11) is -9.90. The van der Waals surface area contributed by atoms with Crippen molar-refractivity contribution in [3.63, 3.8) is 0 Å². The minimum Gasteiger partial charge on any atom is -0.810 e. The Balaban J connectivity index is 4.82. The van der Waals surface area contributed by atoms with Crippen LogP contribution in [0.2, 0.25) is 0 Å². The van der Waals surface area contributed by atoms with Crippen LogP contribution in [0.3, 0.4) is 0 Å². The Labute approximate surface area is 96.2 Å². The van der Waals surface area contributed by atoms with E-state index in [0.717, 1.165) is 0 Å². The zero-order valence-corrected chi connectivity index (χ0v) is 9.94. The molecule has 0 radical (unpaired) electrons. The van der Waals surface area contributed by atoms with E-state index in [9.17, 15) is 42.6 Å². The largest absolute Gasteiger partial charge is 0.810 e. The van der Waals surface area contributed by atoms with Crippen LogP contribution in [0, 0.1) is 5.92 Å². The fraction of sp³-hybridized carbons (Fsp3) is 0.667. The van der Waals surface area contributed by atoms with Gasteiger partial charge in [0.25, 0.3) is 0 Å². The van der Waals surface area contributed by atoms with Crippen LogP contribution in [-0.2, 0) is 24.0 Å². The lowest BCUT2D eigenvalue weighted by molar-refractivity contribution is -0.319. The molecule has 0 saturated carbocycles. The number of rotatable bonds is 7. The van der Waals surface area contributed by atoms with Gasteiger partial charge in [-0.2, -0.15) is 0 Å². The van der Waals surface area contributed by atoms with Crippen molar-refractivity contribution in [2.45, 2.75) is 6.42 Å². The Bertz CT molecular complexity index is 446. The maximum absolute atomic E-state index is 11.1. The van der Waals surface area contributed by atoms with Crippen LogP contribution in [0.25, 0.3) is 0 Å². The second kappa shape index (κ2) is 5.58. The van der Waals surface area contributed by atoms with E-state index in [1.54, 1.807) is 0 Å². The van der Waals surface area contributed by atoms with Crippen LogP contribution in [0.15, 0.2) is 0 Å². The van der Waals surface area contributed by atoms with Crippen LogP contribution < -0.4 is 20.0 Å². The van der Waals surface area contributed by atoms with Crippen LogP contribution in [0.1, 0.15) is 6.42 Å². The maximum Gasteiger partial charge on any atom is 0.155 e. The lowest BCUT2D eigenvalue weighted by Gasteiger charge is -2.29. The molecule has 0 heterocycles. The number of carboxylic acids is 2. The van der Waals surface area contributed by atoms with Gasteiger partial charge in [0.05, 0.1) is 11.2 Å². The first-order chi connectivity index (χ1) is 7.43. The van der Waals surface area contributed by atoms with E-state index >= 15 is 0 Å². The molecule has 17 heavy (non-hydrogen) atoms. The Morgan fingerprint density at radius 1 is 1.18 bits per heavy atom. The highest BCUT2D eigenvalue weighted by molar-refractivity contribution is 7.97. The normalized spacial score (nSPS) is 14.2. The molecule has 11 heteroatoms. The molecule has 0 aliphatic carbocycles. The lowest BCUT2D eigenvalue weighted by Crippen LogP contribution is -2.40. The summed E-state index contributed by atoms with van der Waals surface area (Å²) in [6.45, 7) is 0. The van der Waals surface area contributed by atoms with E-state index in [4.69, 9.17) is 0 Å². The monoisotopic (exact) mass is 286 g/mol. The predicted octanol–water partition coefficient (Wildman–Crippen LogP) is -5.22. The lowest BCUT2D eigenvalue weighted by atomic mass is 10.1. The predicted molar refractivity (Wildman–Crippen MR) is 44.4 cm³/mol. The molecule has 0 bridgehead atoms. The zero-order valence-electron chi connectivity index (χ0n) is 8.23. The molecule has 0 rings (SSSR count). The molecule has 0 aromatic carbocycles. The molecule has 1 unspecified atom stereocenters. The number of carbonyl (C=O) groups is 2. The molecule has 0 N–H and O–H groups in total. The van der Waals surface area contributed by atoms with Gasteiger partial charge in [-0.15, -0.1) is 0 Å². The Morgan fingerprint density at radius 3 is 1.94 bits per heavy atom. The molecule has 0 spiro atoms. The van der Waals surface area contributed by atoms with Crippen molar-refractivity contribution in [2.75, 3.05) is 11.2 Å². The Morgan fingerprint density at radius 2 is 1.65 bits per heavy atom. The molecule has 0 aliphatic rings. The molecule has 0 amide bonds. The SMILES string of the molecule is O=C([O-])CC(CS(=O)(=O)CP(=O)([O-])[O-])C(=O)[O-]. The van der Waals surface area contributed by atoms with Gasteiger partial charge in [-0.1, -0.05) is 7.60 Å².